The summed E-state index contributed by atoms with van der Waals surface area (Å²) in [6.45, 7) is 13.8. The van der Waals surface area contributed by atoms with Crippen molar-refractivity contribution in [2.24, 2.45) is 45.3 Å². The standard InChI is InChI=1S/C32H44O9/c1-15(33)40-27-16(11-18(35)26(39)29(4,5)41-27)24-17(34)12-21-31(24,7)14-19(36)25-30(6)10-9-22(37)28(2,3)20(30)13-23(38)32(21,25)8/h9-10,12,16-17,19-20,24-27,34,36,39H,11,13-14H2,1-8H3/t16?,17-,19-,20+,24-,25-,26?,27?,30+,31-,32-/m1/s1. The summed E-state index contributed by atoms with van der Waals surface area (Å²) in [6.07, 6.45) is 0.437. The molecular formula is C32H44O9. The van der Waals surface area contributed by atoms with Gasteiger partial charge in [0.05, 0.1) is 23.2 Å². The molecule has 0 aromatic carbocycles. The predicted octanol–water partition coefficient (Wildman–Crippen LogP) is 2.69. The molecular weight excluding hydrogens is 528 g/mol. The number of hydrogen-bond acceptors (Lipinski definition) is 9. The summed E-state index contributed by atoms with van der Waals surface area (Å²) in [5.41, 5.74) is -4.21. The SMILES string of the molecule is CC(=O)OC1OC(C)(C)C(O)C(=O)CC1[C@@H]1[C@H](O)C=C2[C@]3(C)C(=O)C[C@H]4C(C)(C)C(=O)C=C[C@]4(C)[C@H]3[C@H](O)C[C@]21C. The summed E-state index contributed by atoms with van der Waals surface area (Å²) in [5, 5.41) is 34.4. The van der Waals surface area contributed by atoms with E-state index in [1.54, 1.807) is 26.0 Å². The van der Waals surface area contributed by atoms with Crippen molar-refractivity contribution in [2.45, 2.75) is 105 Å². The lowest BCUT2D eigenvalue weighted by Crippen LogP contribution is -2.66. The van der Waals surface area contributed by atoms with Gasteiger partial charge in [-0.3, -0.25) is 19.2 Å². The monoisotopic (exact) mass is 572 g/mol. The molecule has 0 radical (unpaired) electrons. The van der Waals surface area contributed by atoms with E-state index in [2.05, 4.69) is 0 Å². The number of hydrogen-bond donors (Lipinski definition) is 3. The lowest BCUT2D eigenvalue weighted by molar-refractivity contribution is -0.242. The number of carbonyl (C=O) groups excluding carboxylic acids is 4. The Morgan fingerprint density at radius 1 is 1.00 bits per heavy atom. The quantitative estimate of drug-likeness (QED) is 0.336. The second-order valence-corrected chi connectivity index (χ2v) is 14.9. The minimum absolute atomic E-state index is 0.0401. The fourth-order valence-corrected chi connectivity index (χ4v) is 9.80. The molecule has 9 nitrogen and oxygen atoms in total. The Hall–Kier alpha value is -2.20. The molecule has 0 aromatic heterocycles. The average Bonchev–Trinajstić information content (AvgIpc) is 3.07. The van der Waals surface area contributed by atoms with Gasteiger partial charge in [0.15, 0.2) is 11.6 Å². The Morgan fingerprint density at radius 3 is 2.24 bits per heavy atom. The van der Waals surface area contributed by atoms with Gasteiger partial charge in [-0.05, 0) is 50.0 Å². The highest BCUT2D eigenvalue weighted by molar-refractivity contribution is 5.98. The van der Waals surface area contributed by atoms with Gasteiger partial charge in [-0.1, -0.05) is 45.4 Å². The van der Waals surface area contributed by atoms with Crippen molar-refractivity contribution in [2.75, 3.05) is 0 Å². The van der Waals surface area contributed by atoms with Crippen LogP contribution in [0.4, 0.5) is 0 Å². The maximum atomic E-state index is 14.3. The zero-order valence-electron chi connectivity index (χ0n) is 25.3. The zero-order valence-corrected chi connectivity index (χ0v) is 25.3. The summed E-state index contributed by atoms with van der Waals surface area (Å²) in [7, 11) is 0. The van der Waals surface area contributed by atoms with E-state index in [4.69, 9.17) is 9.47 Å². The van der Waals surface area contributed by atoms with Crippen LogP contribution < -0.4 is 0 Å². The Labute approximate surface area is 241 Å². The van der Waals surface area contributed by atoms with Crippen molar-refractivity contribution in [1.82, 2.24) is 0 Å². The molecule has 226 valence electrons. The van der Waals surface area contributed by atoms with Crippen LogP contribution in [0.15, 0.2) is 23.8 Å². The summed E-state index contributed by atoms with van der Waals surface area (Å²) in [5.74, 6) is -3.72. The number of aliphatic hydroxyl groups excluding tert-OH is 3. The van der Waals surface area contributed by atoms with E-state index in [1.807, 2.05) is 40.7 Å². The number of aliphatic hydroxyl groups is 3. The van der Waals surface area contributed by atoms with Crippen molar-refractivity contribution in [1.29, 1.82) is 0 Å². The van der Waals surface area contributed by atoms with E-state index in [-0.39, 0.29) is 36.7 Å². The smallest absolute Gasteiger partial charge is 0.304 e. The molecule has 4 aliphatic carbocycles. The van der Waals surface area contributed by atoms with Crippen LogP contribution in [-0.2, 0) is 28.7 Å². The van der Waals surface area contributed by atoms with Crippen molar-refractivity contribution in [3.05, 3.63) is 23.8 Å². The van der Waals surface area contributed by atoms with E-state index in [0.29, 0.717) is 5.57 Å². The zero-order chi connectivity index (χ0) is 30.7. The van der Waals surface area contributed by atoms with E-state index in [1.165, 1.54) is 6.92 Å². The number of rotatable bonds is 2. The largest absolute Gasteiger partial charge is 0.436 e. The van der Waals surface area contributed by atoms with E-state index in [0.717, 1.165) is 0 Å². The third-order valence-corrected chi connectivity index (χ3v) is 11.7. The van der Waals surface area contributed by atoms with Crippen LogP contribution >= 0.6 is 0 Å². The summed E-state index contributed by atoms with van der Waals surface area (Å²) in [4.78, 5) is 52.5. The lowest BCUT2D eigenvalue weighted by Gasteiger charge is -2.65. The molecule has 9 heteroatoms. The highest BCUT2D eigenvalue weighted by Crippen LogP contribution is 2.71. The molecule has 0 bridgehead atoms. The first-order chi connectivity index (χ1) is 18.7. The Morgan fingerprint density at radius 2 is 1.63 bits per heavy atom. The van der Waals surface area contributed by atoms with Crippen LogP contribution in [0.2, 0.25) is 0 Å². The minimum atomic E-state index is -1.47. The van der Waals surface area contributed by atoms with Gasteiger partial charge in [0, 0.05) is 42.9 Å². The van der Waals surface area contributed by atoms with E-state index < -0.39 is 81.4 Å². The molecule has 2 saturated carbocycles. The number of fused-ring (bicyclic) bond motifs is 5. The molecule has 3 unspecified atom stereocenters. The molecule has 1 saturated heterocycles. The number of ether oxygens (including phenoxy) is 2. The molecule has 1 aliphatic heterocycles. The normalized spacial score (nSPS) is 48.5. The molecule has 0 aromatic rings. The summed E-state index contributed by atoms with van der Waals surface area (Å²) < 4.78 is 11.6. The number of Topliss-reactive ketones (excluding diaryl/α,β-unsaturated/α-hetero) is 2. The van der Waals surface area contributed by atoms with Gasteiger partial charge in [-0.25, -0.2) is 0 Å². The molecule has 5 aliphatic rings. The number of carbonyl (C=O) groups is 4. The van der Waals surface area contributed by atoms with Gasteiger partial charge in [-0.2, -0.15) is 0 Å². The molecule has 41 heavy (non-hydrogen) atoms. The van der Waals surface area contributed by atoms with E-state index >= 15 is 0 Å². The van der Waals surface area contributed by atoms with Crippen molar-refractivity contribution in [3.63, 3.8) is 0 Å². The number of esters is 1. The average molecular weight is 573 g/mol. The van der Waals surface area contributed by atoms with Crippen LogP contribution in [0.3, 0.4) is 0 Å². The maximum Gasteiger partial charge on any atom is 0.304 e. The molecule has 5 rings (SSSR count). The lowest BCUT2D eigenvalue weighted by atomic mass is 9.38. The molecule has 11 atom stereocenters. The predicted molar refractivity (Wildman–Crippen MR) is 147 cm³/mol. The summed E-state index contributed by atoms with van der Waals surface area (Å²) >= 11 is 0. The van der Waals surface area contributed by atoms with Gasteiger partial charge >= 0.3 is 5.97 Å². The van der Waals surface area contributed by atoms with Gasteiger partial charge in [0.2, 0.25) is 6.29 Å². The molecule has 1 heterocycles. The van der Waals surface area contributed by atoms with Crippen molar-refractivity contribution in [3.8, 4) is 0 Å². The van der Waals surface area contributed by atoms with Gasteiger partial charge in [0.1, 0.15) is 11.9 Å². The van der Waals surface area contributed by atoms with Crippen LogP contribution in [0, 0.1) is 45.3 Å². The molecule has 3 N–H and O–H groups in total. The fraction of sp³-hybridized carbons (Fsp3) is 0.750. The molecule has 0 spiro atoms. The van der Waals surface area contributed by atoms with Crippen LogP contribution in [0.1, 0.15) is 74.7 Å². The summed E-state index contributed by atoms with van der Waals surface area (Å²) in [6, 6.07) is 0. The number of allylic oxidation sites excluding steroid dienone is 3. The highest BCUT2D eigenvalue weighted by atomic mass is 16.7. The van der Waals surface area contributed by atoms with Crippen molar-refractivity contribution >= 4 is 23.3 Å². The maximum absolute atomic E-state index is 14.3. The van der Waals surface area contributed by atoms with Gasteiger partial charge < -0.3 is 24.8 Å². The van der Waals surface area contributed by atoms with Crippen molar-refractivity contribution < 1.29 is 44.0 Å². The van der Waals surface area contributed by atoms with Crippen LogP contribution in [0.25, 0.3) is 0 Å². The third-order valence-electron chi connectivity index (χ3n) is 11.7. The fourth-order valence-electron chi connectivity index (χ4n) is 9.80. The second-order valence-electron chi connectivity index (χ2n) is 14.9. The second kappa shape index (κ2) is 9.15. The first kappa shape index (κ1) is 30.3. The minimum Gasteiger partial charge on any atom is -0.436 e. The van der Waals surface area contributed by atoms with Crippen LogP contribution in [0.5, 0.6) is 0 Å². The topological polar surface area (TPSA) is 147 Å². The number of ketones is 3. The van der Waals surface area contributed by atoms with E-state index in [9.17, 15) is 34.5 Å². The van der Waals surface area contributed by atoms with Gasteiger partial charge in [0.25, 0.3) is 0 Å². The third kappa shape index (κ3) is 4.02. The highest BCUT2D eigenvalue weighted by Gasteiger charge is 2.71. The Balaban J connectivity index is 1.62. The van der Waals surface area contributed by atoms with Crippen LogP contribution in [-0.4, -0.2) is 68.8 Å². The molecule has 0 amide bonds. The first-order valence-electron chi connectivity index (χ1n) is 14.6. The Kier molecular flexibility index (Phi) is 6.75. The first-order valence-corrected chi connectivity index (χ1v) is 14.6. The molecule has 3 fully saturated rings. The Bertz CT molecular complexity index is 1260. The van der Waals surface area contributed by atoms with Gasteiger partial charge in [-0.15, -0.1) is 0 Å².